The predicted molar refractivity (Wildman–Crippen MR) is 75.6 cm³/mol. The molecule has 0 aliphatic carbocycles. The number of fused-ring (bicyclic) bond motifs is 1. The molecule has 0 spiro atoms. The molecule has 0 saturated heterocycles. The van der Waals surface area contributed by atoms with Crippen molar-refractivity contribution in [2.45, 2.75) is 12.5 Å². The molecule has 1 aliphatic heterocycles. The maximum absolute atomic E-state index is 13.5. The monoisotopic (exact) mass is 274 g/mol. The second-order valence-electron chi connectivity index (χ2n) is 5.02. The molecule has 4 heteroatoms. The van der Waals surface area contributed by atoms with Crippen LogP contribution < -0.4 is 10.6 Å². The number of hydrogen-bond donors (Lipinski definition) is 1. The summed E-state index contributed by atoms with van der Waals surface area (Å²) in [6.07, 6.45) is 0.882. The number of nitrogens with two attached hydrogens (primary N) is 1. The highest BCUT2D eigenvalue weighted by molar-refractivity contribution is 5.59. The minimum Gasteiger partial charge on any atom is -0.363 e. The first kappa shape index (κ1) is 13.1. The largest absolute Gasteiger partial charge is 0.363 e. The number of benzene rings is 2. The van der Waals surface area contributed by atoms with E-state index in [2.05, 4.69) is 4.90 Å². The SMILES string of the molecule is NCC(c1ccc(F)cc1)N1CCc2ccc(F)cc21. The minimum atomic E-state index is -0.266. The quantitative estimate of drug-likeness (QED) is 0.932. The van der Waals surface area contributed by atoms with Crippen LogP contribution in [0.4, 0.5) is 14.5 Å². The van der Waals surface area contributed by atoms with E-state index in [1.807, 2.05) is 6.07 Å². The average Bonchev–Trinajstić information content (AvgIpc) is 2.85. The Balaban J connectivity index is 1.96. The van der Waals surface area contributed by atoms with Gasteiger partial charge in [0.2, 0.25) is 0 Å². The number of nitrogens with zero attached hydrogens (tertiary/aromatic N) is 1. The fourth-order valence-electron chi connectivity index (χ4n) is 2.83. The van der Waals surface area contributed by atoms with Crippen molar-refractivity contribution in [2.75, 3.05) is 18.0 Å². The van der Waals surface area contributed by atoms with Crippen LogP contribution in [0.2, 0.25) is 0 Å². The van der Waals surface area contributed by atoms with Gasteiger partial charge < -0.3 is 10.6 Å². The van der Waals surface area contributed by atoms with Crippen molar-refractivity contribution in [2.24, 2.45) is 5.73 Å². The Labute approximate surface area is 116 Å². The van der Waals surface area contributed by atoms with Gasteiger partial charge in [-0.1, -0.05) is 18.2 Å². The summed E-state index contributed by atoms with van der Waals surface area (Å²) in [5, 5.41) is 0. The summed E-state index contributed by atoms with van der Waals surface area (Å²) in [5.74, 6) is -0.511. The highest BCUT2D eigenvalue weighted by Gasteiger charge is 2.26. The maximum Gasteiger partial charge on any atom is 0.125 e. The van der Waals surface area contributed by atoms with E-state index in [0.29, 0.717) is 6.54 Å². The Morgan fingerprint density at radius 3 is 2.45 bits per heavy atom. The zero-order valence-corrected chi connectivity index (χ0v) is 11.0. The van der Waals surface area contributed by atoms with Crippen LogP contribution in [0.3, 0.4) is 0 Å². The molecule has 1 unspecified atom stereocenters. The Kier molecular flexibility index (Phi) is 3.40. The first-order valence-corrected chi connectivity index (χ1v) is 6.69. The molecule has 2 N–H and O–H groups in total. The first-order chi connectivity index (χ1) is 9.69. The summed E-state index contributed by atoms with van der Waals surface area (Å²) in [6, 6.07) is 11.1. The van der Waals surface area contributed by atoms with Gasteiger partial charge in [0.15, 0.2) is 0 Å². The number of halogens is 2. The Morgan fingerprint density at radius 1 is 1.05 bits per heavy atom. The van der Waals surface area contributed by atoms with Gasteiger partial charge in [0.1, 0.15) is 11.6 Å². The molecule has 20 heavy (non-hydrogen) atoms. The van der Waals surface area contributed by atoms with Gasteiger partial charge in [-0.2, -0.15) is 0 Å². The molecule has 0 saturated carbocycles. The lowest BCUT2D eigenvalue weighted by Crippen LogP contribution is -2.32. The van der Waals surface area contributed by atoms with E-state index in [1.54, 1.807) is 18.2 Å². The number of rotatable bonds is 3. The lowest BCUT2D eigenvalue weighted by molar-refractivity contribution is 0.615. The van der Waals surface area contributed by atoms with Gasteiger partial charge in [-0.25, -0.2) is 8.78 Å². The smallest absolute Gasteiger partial charge is 0.125 e. The van der Waals surface area contributed by atoms with E-state index in [4.69, 9.17) is 5.73 Å². The van der Waals surface area contributed by atoms with E-state index in [-0.39, 0.29) is 17.7 Å². The first-order valence-electron chi connectivity index (χ1n) is 6.69. The van der Waals surface area contributed by atoms with Crippen LogP contribution in [-0.4, -0.2) is 13.1 Å². The molecule has 3 rings (SSSR count). The number of hydrogen-bond acceptors (Lipinski definition) is 2. The van der Waals surface area contributed by atoms with Gasteiger partial charge in [0.05, 0.1) is 6.04 Å². The summed E-state index contributed by atoms with van der Waals surface area (Å²) < 4.78 is 26.5. The molecule has 0 amide bonds. The van der Waals surface area contributed by atoms with E-state index >= 15 is 0 Å². The molecule has 1 aliphatic rings. The van der Waals surface area contributed by atoms with Gasteiger partial charge in [-0.15, -0.1) is 0 Å². The normalized spacial score (nSPS) is 15.2. The van der Waals surface area contributed by atoms with Gasteiger partial charge in [0, 0.05) is 18.8 Å². The van der Waals surface area contributed by atoms with Crippen molar-refractivity contribution < 1.29 is 8.78 Å². The van der Waals surface area contributed by atoms with Crippen LogP contribution in [0.25, 0.3) is 0 Å². The lowest BCUT2D eigenvalue weighted by atomic mass is 10.0. The summed E-state index contributed by atoms with van der Waals surface area (Å²) in [5.41, 5.74) is 8.86. The van der Waals surface area contributed by atoms with Crippen molar-refractivity contribution in [3.05, 3.63) is 65.2 Å². The molecular weight excluding hydrogens is 258 g/mol. The molecule has 2 aromatic carbocycles. The second kappa shape index (κ2) is 5.21. The van der Waals surface area contributed by atoms with Crippen LogP contribution >= 0.6 is 0 Å². The van der Waals surface area contributed by atoms with Crippen LogP contribution in [0.1, 0.15) is 17.2 Å². The summed E-state index contributed by atoms with van der Waals surface area (Å²) in [6.45, 7) is 1.21. The van der Waals surface area contributed by atoms with E-state index in [9.17, 15) is 8.78 Å². The van der Waals surface area contributed by atoms with E-state index < -0.39 is 0 Å². The molecule has 0 radical (unpaired) electrons. The van der Waals surface area contributed by atoms with Crippen molar-refractivity contribution >= 4 is 5.69 Å². The molecule has 2 nitrogen and oxygen atoms in total. The molecule has 0 bridgehead atoms. The molecule has 104 valence electrons. The van der Waals surface area contributed by atoms with Gasteiger partial charge in [0.25, 0.3) is 0 Å². The molecule has 1 atom stereocenters. The van der Waals surface area contributed by atoms with Crippen LogP contribution in [0.15, 0.2) is 42.5 Å². The minimum absolute atomic E-state index is 0.0568. The van der Waals surface area contributed by atoms with E-state index in [1.165, 1.54) is 18.2 Å². The van der Waals surface area contributed by atoms with Crippen LogP contribution in [0.5, 0.6) is 0 Å². The molecule has 0 fully saturated rings. The summed E-state index contributed by atoms with van der Waals surface area (Å²) >= 11 is 0. The third kappa shape index (κ3) is 2.27. The predicted octanol–water partition coefficient (Wildman–Crippen LogP) is 3.03. The fourth-order valence-corrected chi connectivity index (χ4v) is 2.83. The van der Waals surface area contributed by atoms with E-state index in [0.717, 1.165) is 29.8 Å². The van der Waals surface area contributed by atoms with Crippen molar-refractivity contribution in [1.29, 1.82) is 0 Å². The third-order valence-corrected chi connectivity index (χ3v) is 3.83. The summed E-state index contributed by atoms with van der Waals surface area (Å²) in [7, 11) is 0. The molecule has 1 heterocycles. The Hall–Kier alpha value is -1.94. The molecular formula is C16H16F2N2. The topological polar surface area (TPSA) is 29.3 Å². The van der Waals surface area contributed by atoms with Gasteiger partial charge in [-0.3, -0.25) is 0 Å². The number of anilines is 1. The zero-order chi connectivity index (χ0) is 14.1. The molecule has 0 aromatic heterocycles. The Bertz CT molecular complexity index is 610. The average molecular weight is 274 g/mol. The maximum atomic E-state index is 13.5. The highest BCUT2D eigenvalue weighted by atomic mass is 19.1. The van der Waals surface area contributed by atoms with Crippen molar-refractivity contribution in [1.82, 2.24) is 0 Å². The molecule has 2 aromatic rings. The van der Waals surface area contributed by atoms with Gasteiger partial charge in [-0.05, 0) is 41.8 Å². The lowest BCUT2D eigenvalue weighted by Gasteiger charge is -2.30. The van der Waals surface area contributed by atoms with Crippen molar-refractivity contribution in [3.8, 4) is 0 Å². The van der Waals surface area contributed by atoms with Crippen molar-refractivity contribution in [3.63, 3.8) is 0 Å². The second-order valence-corrected chi connectivity index (χ2v) is 5.02. The standard InChI is InChI=1S/C16H16F2N2/c17-13-4-1-11(2-5-13)16(10-19)20-8-7-12-3-6-14(18)9-15(12)20/h1-6,9,16H,7-8,10,19H2. The summed E-state index contributed by atoms with van der Waals surface area (Å²) in [4.78, 5) is 2.10. The zero-order valence-electron chi connectivity index (χ0n) is 11.0. The van der Waals surface area contributed by atoms with Gasteiger partial charge >= 0.3 is 0 Å². The van der Waals surface area contributed by atoms with Crippen LogP contribution in [0, 0.1) is 11.6 Å². The highest BCUT2D eigenvalue weighted by Crippen LogP contribution is 2.35. The fraction of sp³-hybridized carbons (Fsp3) is 0.250. The van der Waals surface area contributed by atoms with Crippen LogP contribution in [-0.2, 0) is 6.42 Å². The third-order valence-electron chi connectivity index (χ3n) is 3.83. The Morgan fingerprint density at radius 2 is 1.75 bits per heavy atom.